The van der Waals surface area contributed by atoms with Crippen molar-refractivity contribution in [3.05, 3.63) is 91.1 Å². The summed E-state index contributed by atoms with van der Waals surface area (Å²) < 4.78 is 0. The Bertz CT molecular complexity index is 884. The van der Waals surface area contributed by atoms with E-state index in [0.29, 0.717) is 5.70 Å². The molecule has 1 aliphatic carbocycles. The molecule has 0 unspecified atom stereocenters. The maximum atomic E-state index is 11.7. The van der Waals surface area contributed by atoms with Crippen molar-refractivity contribution >= 4 is 23.6 Å². The van der Waals surface area contributed by atoms with Gasteiger partial charge in [-0.15, -0.1) is 0 Å². The molecule has 0 aromatic carbocycles. The maximum absolute atomic E-state index is 11.7. The Balaban J connectivity index is 0. The third-order valence-corrected chi connectivity index (χ3v) is 3.87. The number of H-pyrrole nitrogens is 1. The number of nitrogens with one attached hydrogen (secondary N) is 2. The second-order valence-electron chi connectivity index (χ2n) is 6.62. The van der Waals surface area contributed by atoms with Crippen LogP contribution in [-0.2, 0) is 9.59 Å². The molecule has 0 aliphatic heterocycles. The van der Waals surface area contributed by atoms with E-state index in [0.717, 1.165) is 29.6 Å². The number of nitrogens with zero attached hydrogens (tertiary/aromatic N) is 1. The molecule has 1 aromatic rings. The van der Waals surface area contributed by atoms with Gasteiger partial charge < -0.3 is 21.8 Å². The fourth-order valence-electron chi connectivity index (χ4n) is 2.29. The van der Waals surface area contributed by atoms with Crippen LogP contribution in [0, 0.1) is 5.92 Å². The van der Waals surface area contributed by atoms with Crippen LogP contribution in [0.4, 0.5) is 0 Å². The van der Waals surface area contributed by atoms with E-state index in [2.05, 4.69) is 34.2 Å². The molecule has 0 saturated heterocycles. The largest absolute Gasteiger partial charge is 0.405 e. The molecule has 1 aliphatic rings. The third kappa shape index (κ3) is 15.9. The lowest BCUT2D eigenvalue weighted by molar-refractivity contribution is -0.119. The summed E-state index contributed by atoms with van der Waals surface area (Å²) in [5.74, 6) is -0.0907. The summed E-state index contributed by atoms with van der Waals surface area (Å²) in [6, 6.07) is 1.97. The number of primary amides is 1. The molecule has 1 saturated carbocycles. The minimum Gasteiger partial charge on any atom is -0.405 e. The molecule has 7 nitrogen and oxygen atoms in total. The molecule has 1 heterocycles. The molecule has 6 N–H and O–H groups in total. The molecule has 0 atom stereocenters. The van der Waals surface area contributed by atoms with Crippen molar-refractivity contribution < 1.29 is 9.59 Å². The number of hydrogen-bond acceptors (Lipinski definition) is 4. The standard InChI is InChI=1S/C19H23N3O.C4H7NO.C2H5N.C2H6/c1-5-7-9-18(16-10-11-21-13-16)15(3)12-17(14-20-4)22-19(23)8-6-2;5-4(6)3-1-2-3;1-2-3;1-2/h5-14,21H,3H2,1-2,4H3,(H,22,23);3H,1-2H2,(H2,5,6);2H,1,3H2;1-2H3/b7-5-,8-6+,17-12+,18-9-,20-14?;;;. The number of carbonyl (C=O) groups is 2. The fraction of sp³-hybridized carbons (Fsp3) is 0.296. The van der Waals surface area contributed by atoms with Crippen LogP contribution in [0.5, 0.6) is 0 Å². The number of allylic oxidation sites excluding steroid dienone is 8. The van der Waals surface area contributed by atoms with Gasteiger partial charge in [0.05, 0.1) is 5.70 Å². The first-order valence-corrected chi connectivity index (χ1v) is 11.2. The van der Waals surface area contributed by atoms with Crippen molar-refractivity contribution in [3.8, 4) is 0 Å². The summed E-state index contributed by atoms with van der Waals surface area (Å²) >= 11 is 0. The van der Waals surface area contributed by atoms with Gasteiger partial charge in [-0.1, -0.05) is 51.3 Å². The summed E-state index contributed by atoms with van der Waals surface area (Å²) in [6.07, 6.45) is 19.5. The minimum absolute atomic E-state index is 0.130. The Morgan fingerprint density at radius 1 is 1.24 bits per heavy atom. The van der Waals surface area contributed by atoms with Gasteiger partial charge in [0.15, 0.2) is 0 Å². The fourth-order valence-corrected chi connectivity index (χ4v) is 2.29. The highest BCUT2D eigenvalue weighted by Crippen LogP contribution is 2.27. The Kier molecular flexibility index (Phi) is 20.0. The molecular weight excluding hydrogens is 426 g/mol. The van der Waals surface area contributed by atoms with Gasteiger partial charge in [-0.05, 0) is 67.8 Å². The van der Waals surface area contributed by atoms with Crippen LogP contribution in [0.3, 0.4) is 0 Å². The van der Waals surface area contributed by atoms with E-state index in [-0.39, 0.29) is 17.7 Å². The zero-order valence-corrected chi connectivity index (χ0v) is 21.2. The predicted molar refractivity (Wildman–Crippen MR) is 146 cm³/mol. The number of aromatic nitrogens is 1. The van der Waals surface area contributed by atoms with Gasteiger partial charge in [0, 0.05) is 31.6 Å². The maximum Gasteiger partial charge on any atom is 0.248 e. The van der Waals surface area contributed by atoms with Gasteiger partial charge in [0.2, 0.25) is 11.8 Å². The van der Waals surface area contributed by atoms with Crippen molar-refractivity contribution in [3.63, 3.8) is 0 Å². The molecule has 2 rings (SSSR count). The minimum atomic E-state index is -0.202. The first kappa shape index (κ1) is 32.3. The van der Waals surface area contributed by atoms with Gasteiger partial charge >= 0.3 is 0 Å². The molecule has 0 spiro atoms. The molecule has 186 valence electrons. The summed E-state index contributed by atoms with van der Waals surface area (Å²) in [6.45, 7) is 15.0. The number of aliphatic imine (C=N–C) groups is 1. The van der Waals surface area contributed by atoms with Gasteiger partial charge in [-0.3, -0.25) is 14.6 Å². The molecule has 2 amide bonds. The number of hydrogen-bond donors (Lipinski definition) is 4. The first-order valence-electron chi connectivity index (χ1n) is 11.2. The summed E-state index contributed by atoms with van der Waals surface area (Å²) in [5.41, 5.74) is 12.8. The molecule has 0 radical (unpaired) electrons. The van der Waals surface area contributed by atoms with Crippen LogP contribution in [0.1, 0.15) is 46.1 Å². The summed E-state index contributed by atoms with van der Waals surface area (Å²) in [7, 11) is 1.65. The van der Waals surface area contributed by atoms with Crippen LogP contribution in [0.2, 0.25) is 0 Å². The van der Waals surface area contributed by atoms with Crippen molar-refractivity contribution in [2.75, 3.05) is 7.05 Å². The number of nitrogens with two attached hydrogens (primary N) is 2. The van der Waals surface area contributed by atoms with E-state index in [1.54, 1.807) is 32.3 Å². The Morgan fingerprint density at radius 2 is 1.85 bits per heavy atom. The zero-order chi connectivity index (χ0) is 26.4. The predicted octanol–water partition coefficient (Wildman–Crippen LogP) is 4.80. The van der Waals surface area contributed by atoms with E-state index < -0.39 is 0 Å². The lowest BCUT2D eigenvalue weighted by atomic mass is 10.00. The molecule has 0 bridgehead atoms. The molecule has 34 heavy (non-hydrogen) atoms. The molecule has 1 aromatic heterocycles. The van der Waals surface area contributed by atoms with Crippen molar-refractivity contribution in [2.45, 2.75) is 40.5 Å². The van der Waals surface area contributed by atoms with Crippen molar-refractivity contribution in [1.29, 1.82) is 0 Å². The van der Waals surface area contributed by atoms with E-state index in [9.17, 15) is 9.59 Å². The SMILES string of the molecule is C=C(/C=C(\C=NC)NC(=O)/C=C/C)/C(=C/C=C\C)c1cc[nH]c1.C=CN.CC.NC(=O)C1CC1. The van der Waals surface area contributed by atoms with Gasteiger partial charge in [0.1, 0.15) is 0 Å². The van der Waals surface area contributed by atoms with Gasteiger partial charge in [0.25, 0.3) is 0 Å². The third-order valence-electron chi connectivity index (χ3n) is 3.87. The average Bonchev–Trinajstić information content (AvgIpc) is 3.53. The first-order chi connectivity index (χ1) is 16.3. The van der Waals surface area contributed by atoms with E-state index in [1.165, 1.54) is 12.3 Å². The normalized spacial score (nSPS) is 13.2. The zero-order valence-electron chi connectivity index (χ0n) is 21.2. The smallest absolute Gasteiger partial charge is 0.248 e. The second kappa shape index (κ2) is 21.0. The van der Waals surface area contributed by atoms with Crippen molar-refractivity contribution in [1.82, 2.24) is 10.3 Å². The van der Waals surface area contributed by atoms with Crippen molar-refractivity contribution in [2.24, 2.45) is 22.4 Å². The summed E-state index contributed by atoms with van der Waals surface area (Å²) in [5, 5.41) is 2.78. The van der Waals surface area contributed by atoms with Gasteiger partial charge in [-0.2, -0.15) is 0 Å². The highest BCUT2D eigenvalue weighted by molar-refractivity contribution is 5.95. The molecule has 1 fully saturated rings. The van der Waals surface area contributed by atoms with Crippen LogP contribution in [0.15, 0.2) is 90.5 Å². The summed E-state index contributed by atoms with van der Waals surface area (Å²) in [4.78, 5) is 28.7. The van der Waals surface area contributed by atoms with Crippen LogP contribution in [-0.4, -0.2) is 30.1 Å². The number of rotatable bonds is 8. The van der Waals surface area contributed by atoms with Crippen LogP contribution >= 0.6 is 0 Å². The second-order valence-corrected chi connectivity index (χ2v) is 6.62. The van der Waals surface area contributed by atoms with Crippen LogP contribution < -0.4 is 16.8 Å². The topological polar surface area (TPSA) is 126 Å². The monoisotopic (exact) mass is 467 g/mol. The highest BCUT2D eigenvalue weighted by atomic mass is 16.1. The quantitative estimate of drug-likeness (QED) is 0.249. The van der Waals surface area contributed by atoms with Crippen LogP contribution in [0.25, 0.3) is 5.57 Å². The molecule has 7 heteroatoms. The number of aromatic amines is 1. The Labute approximate surface area is 204 Å². The Morgan fingerprint density at radius 3 is 2.24 bits per heavy atom. The van der Waals surface area contributed by atoms with E-state index >= 15 is 0 Å². The number of amides is 2. The lowest BCUT2D eigenvalue weighted by Crippen LogP contribution is -2.21. The lowest BCUT2D eigenvalue weighted by Gasteiger charge is -2.08. The average molecular weight is 468 g/mol. The van der Waals surface area contributed by atoms with Gasteiger partial charge in [-0.25, -0.2) is 0 Å². The Hall–Kier alpha value is -3.87. The molecular formula is C27H41N5O2. The number of carbonyl (C=O) groups excluding carboxylic acids is 2. The highest BCUT2D eigenvalue weighted by Gasteiger charge is 2.26. The van der Waals surface area contributed by atoms with E-state index in [4.69, 9.17) is 5.73 Å². The van der Waals surface area contributed by atoms with E-state index in [1.807, 2.05) is 57.5 Å².